The minimum Gasteiger partial charge on any atom is -0.330 e. The molecule has 1 fully saturated rings. The number of hydrogen-bond donors (Lipinski definition) is 2. The van der Waals surface area contributed by atoms with Crippen molar-refractivity contribution in [2.75, 3.05) is 31.5 Å². The van der Waals surface area contributed by atoms with Crippen molar-refractivity contribution in [2.45, 2.75) is 19.8 Å². The second kappa shape index (κ2) is 9.17. The Morgan fingerprint density at radius 3 is 2.54 bits per heavy atom. The van der Waals surface area contributed by atoms with E-state index in [0.717, 1.165) is 24.3 Å². The Labute approximate surface area is 162 Å². The Hall–Kier alpha value is -1.88. The Morgan fingerprint density at radius 2 is 1.85 bits per heavy atom. The van der Waals surface area contributed by atoms with Gasteiger partial charge in [-0.25, -0.2) is 0 Å². The van der Waals surface area contributed by atoms with Crippen molar-refractivity contribution in [2.24, 2.45) is 11.7 Å². The second-order valence-corrected chi connectivity index (χ2v) is 7.00. The van der Waals surface area contributed by atoms with Crippen molar-refractivity contribution in [3.05, 3.63) is 65.2 Å². The summed E-state index contributed by atoms with van der Waals surface area (Å²) in [7, 11) is 0. The first-order valence-electron chi connectivity index (χ1n) is 8.92. The van der Waals surface area contributed by atoms with E-state index in [2.05, 4.69) is 47.5 Å². The zero-order chi connectivity index (χ0) is 17.8. The molecule has 1 aliphatic rings. The van der Waals surface area contributed by atoms with E-state index < -0.39 is 0 Å². The molecule has 0 unspecified atom stereocenters. The van der Waals surface area contributed by atoms with Crippen molar-refractivity contribution in [1.29, 1.82) is 0 Å². The summed E-state index contributed by atoms with van der Waals surface area (Å²) in [6.07, 6.45) is 0. The highest BCUT2D eigenvalue weighted by atomic mass is 35.5. The number of rotatable bonds is 5. The summed E-state index contributed by atoms with van der Waals surface area (Å²) in [5, 5.41) is 3.05. The zero-order valence-corrected chi connectivity index (χ0v) is 16.3. The highest BCUT2D eigenvalue weighted by Crippen LogP contribution is 2.31. The van der Waals surface area contributed by atoms with Crippen LogP contribution < -0.4 is 11.1 Å². The molecule has 1 aliphatic heterocycles. The van der Waals surface area contributed by atoms with Gasteiger partial charge in [0.15, 0.2) is 0 Å². The number of nitrogens with zero attached hydrogens (tertiary/aromatic N) is 1. The topological polar surface area (TPSA) is 58.4 Å². The molecule has 0 bridgehead atoms. The van der Waals surface area contributed by atoms with E-state index in [1.54, 1.807) is 0 Å². The molecule has 0 radical (unpaired) electrons. The van der Waals surface area contributed by atoms with Gasteiger partial charge in [-0.15, -0.1) is 12.4 Å². The molecule has 2 aromatic rings. The Morgan fingerprint density at radius 1 is 1.12 bits per heavy atom. The predicted molar refractivity (Wildman–Crippen MR) is 110 cm³/mol. The number of carbonyl (C=O) groups is 1. The summed E-state index contributed by atoms with van der Waals surface area (Å²) in [6.45, 7) is 6.91. The Balaban J connectivity index is 0.00000243. The molecule has 0 saturated carbocycles. The number of nitrogens with two attached hydrogens (primary N) is 1. The maximum Gasteiger partial charge on any atom is 0.238 e. The van der Waals surface area contributed by atoms with Gasteiger partial charge in [0.2, 0.25) is 5.91 Å². The average molecular weight is 374 g/mol. The third-order valence-corrected chi connectivity index (χ3v) is 5.29. The third kappa shape index (κ3) is 4.64. The molecule has 2 aromatic carbocycles. The summed E-state index contributed by atoms with van der Waals surface area (Å²) in [4.78, 5) is 14.7. The zero-order valence-electron chi connectivity index (χ0n) is 15.4. The average Bonchev–Trinajstić information content (AvgIpc) is 3.02. The van der Waals surface area contributed by atoms with Crippen molar-refractivity contribution < 1.29 is 4.79 Å². The van der Waals surface area contributed by atoms with E-state index >= 15 is 0 Å². The number of benzene rings is 2. The number of likely N-dealkylation sites (tertiary alicyclic amines) is 1. The summed E-state index contributed by atoms with van der Waals surface area (Å²) in [6, 6.07) is 16.5. The fourth-order valence-electron chi connectivity index (χ4n) is 3.69. The number of carbonyl (C=O) groups excluding carboxylic acids is 1. The molecular weight excluding hydrogens is 346 g/mol. The van der Waals surface area contributed by atoms with Gasteiger partial charge in [-0.2, -0.15) is 0 Å². The van der Waals surface area contributed by atoms with Gasteiger partial charge < -0.3 is 11.1 Å². The van der Waals surface area contributed by atoms with Gasteiger partial charge >= 0.3 is 0 Å². The number of aryl methyl sites for hydroxylation is 1. The SMILES string of the molecule is Cc1cccc(NC(=O)CN2C[C@@H](CN)[C@H](c3ccccc3)C2)c1C.Cl. The predicted octanol–water partition coefficient (Wildman–Crippen LogP) is 3.34. The van der Waals surface area contributed by atoms with Crippen LogP contribution in [0.2, 0.25) is 0 Å². The van der Waals surface area contributed by atoms with Crippen molar-refractivity contribution in [1.82, 2.24) is 4.90 Å². The molecule has 3 N–H and O–H groups in total. The van der Waals surface area contributed by atoms with Gasteiger partial charge in [0.1, 0.15) is 0 Å². The second-order valence-electron chi connectivity index (χ2n) is 7.00. The molecule has 0 aromatic heterocycles. The monoisotopic (exact) mass is 373 g/mol. The summed E-state index contributed by atoms with van der Waals surface area (Å²) < 4.78 is 0. The molecule has 4 nitrogen and oxygen atoms in total. The molecule has 140 valence electrons. The maximum absolute atomic E-state index is 12.5. The normalized spacial score (nSPS) is 19.8. The van der Waals surface area contributed by atoms with Crippen LogP contribution in [-0.2, 0) is 4.79 Å². The van der Waals surface area contributed by atoms with Crippen LogP contribution in [0.25, 0.3) is 0 Å². The first kappa shape index (κ1) is 20.4. The fraction of sp³-hybridized carbons (Fsp3) is 0.381. The van der Waals surface area contributed by atoms with E-state index in [0.29, 0.717) is 24.9 Å². The first-order chi connectivity index (χ1) is 12.1. The van der Waals surface area contributed by atoms with Gasteiger partial charge in [-0.3, -0.25) is 9.69 Å². The number of anilines is 1. The molecule has 1 amide bonds. The quantitative estimate of drug-likeness (QED) is 0.845. The van der Waals surface area contributed by atoms with Crippen molar-refractivity contribution in [3.8, 4) is 0 Å². The van der Waals surface area contributed by atoms with E-state index in [9.17, 15) is 4.79 Å². The number of halogens is 1. The number of nitrogens with one attached hydrogen (secondary N) is 1. The summed E-state index contributed by atoms with van der Waals surface area (Å²) in [5.74, 6) is 0.841. The van der Waals surface area contributed by atoms with E-state index in [4.69, 9.17) is 5.73 Å². The van der Waals surface area contributed by atoms with Crippen LogP contribution in [0, 0.1) is 19.8 Å². The van der Waals surface area contributed by atoms with E-state index in [1.165, 1.54) is 11.1 Å². The largest absolute Gasteiger partial charge is 0.330 e. The smallest absolute Gasteiger partial charge is 0.238 e. The lowest BCUT2D eigenvalue weighted by Crippen LogP contribution is -2.32. The van der Waals surface area contributed by atoms with Crippen LogP contribution >= 0.6 is 12.4 Å². The van der Waals surface area contributed by atoms with Gasteiger partial charge in [-0.05, 0) is 49.1 Å². The number of hydrogen-bond acceptors (Lipinski definition) is 3. The Bertz CT molecular complexity index is 735. The molecule has 2 atom stereocenters. The molecule has 26 heavy (non-hydrogen) atoms. The molecule has 1 saturated heterocycles. The maximum atomic E-state index is 12.5. The van der Waals surface area contributed by atoms with Crippen LogP contribution in [0.15, 0.2) is 48.5 Å². The minimum absolute atomic E-state index is 0. The van der Waals surface area contributed by atoms with E-state index in [-0.39, 0.29) is 18.3 Å². The van der Waals surface area contributed by atoms with Crippen LogP contribution in [0.1, 0.15) is 22.6 Å². The standard InChI is InChI=1S/C21H27N3O.ClH/c1-15-7-6-10-20(16(15)2)23-21(25)14-24-12-18(11-22)19(13-24)17-8-4-3-5-9-17;/h3-10,18-19H,11-14,22H2,1-2H3,(H,23,25);1H/t18-,19+;/m1./s1. The molecule has 5 heteroatoms. The van der Waals surface area contributed by atoms with Gasteiger partial charge in [0.25, 0.3) is 0 Å². The van der Waals surface area contributed by atoms with Crippen LogP contribution in [-0.4, -0.2) is 37.0 Å². The molecule has 0 spiro atoms. The van der Waals surface area contributed by atoms with E-state index in [1.807, 2.05) is 25.1 Å². The van der Waals surface area contributed by atoms with Crippen LogP contribution in [0.5, 0.6) is 0 Å². The molecular formula is C21H28ClN3O. The molecule has 3 rings (SSSR count). The Kier molecular flexibility index (Phi) is 7.21. The molecule has 0 aliphatic carbocycles. The lowest BCUT2D eigenvalue weighted by molar-refractivity contribution is -0.117. The first-order valence-corrected chi connectivity index (χ1v) is 8.92. The van der Waals surface area contributed by atoms with Crippen molar-refractivity contribution in [3.63, 3.8) is 0 Å². The van der Waals surface area contributed by atoms with Gasteiger partial charge in [0, 0.05) is 24.7 Å². The van der Waals surface area contributed by atoms with Crippen LogP contribution in [0.4, 0.5) is 5.69 Å². The summed E-state index contributed by atoms with van der Waals surface area (Å²) >= 11 is 0. The highest BCUT2D eigenvalue weighted by Gasteiger charge is 2.33. The number of amides is 1. The van der Waals surface area contributed by atoms with Gasteiger partial charge in [-0.1, -0.05) is 42.5 Å². The lowest BCUT2D eigenvalue weighted by Gasteiger charge is -2.17. The van der Waals surface area contributed by atoms with Gasteiger partial charge in [0.05, 0.1) is 6.54 Å². The third-order valence-electron chi connectivity index (χ3n) is 5.29. The minimum atomic E-state index is 0. The fourth-order valence-corrected chi connectivity index (χ4v) is 3.69. The van der Waals surface area contributed by atoms with Crippen molar-refractivity contribution >= 4 is 24.0 Å². The summed E-state index contributed by atoms with van der Waals surface area (Å²) in [5.41, 5.74) is 10.5. The van der Waals surface area contributed by atoms with Crippen LogP contribution in [0.3, 0.4) is 0 Å². The highest BCUT2D eigenvalue weighted by molar-refractivity contribution is 5.93. The lowest BCUT2D eigenvalue weighted by atomic mass is 9.89. The molecule has 1 heterocycles.